The van der Waals surface area contributed by atoms with Crippen molar-refractivity contribution in [3.05, 3.63) is 27.9 Å². The van der Waals surface area contributed by atoms with Crippen molar-refractivity contribution < 1.29 is 0 Å². The maximum atomic E-state index is 5.52. The third-order valence-corrected chi connectivity index (χ3v) is 3.57. The lowest BCUT2D eigenvalue weighted by Crippen LogP contribution is -1.96. The van der Waals surface area contributed by atoms with E-state index < -0.39 is 0 Å². The van der Waals surface area contributed by atoms with Gasteiger partial charge in [-0.25, -0.2) is 4.98 Å². The topological polar surface area (TPSA) is 54.7 Å². The van der Waals surface area contributed by atoms with Crippen LogP contribution in [0, 0.1) is 0 Å². The van der Waals surface area contributed by atoms with Crippen molar-refractivity contribution in [2.75, 3.05) is 0 Å². The van der Waals surface area contributed by atoms with Crippen LogP contribution in [-0.2, 0) is 6.54 Å². The van der Waals surface area contributed by atoms with E-state index in [-0.39, 0.29) is 0 Å². The van der Waals surface area contributed by atoms with Crippen LogP contribution in [0.15, 0.2) is 22.2 Å². The molecule has 68 valence electrons. The fraction of sp³-hybridized carbons (Fsp3) is 0.125. The molecule has 2 aromatic rings. The number of aromatic nitrogens is 2. The molecular formula is C8H8BrN3S. The van der Waals surface area contributed by atoms with Crippen LogP contribution in [0.4, 0.5) is 0 Å². The summed E-state index contributed by atoms with van der Waals surface area (Å²) < 4.78 is 1.02. The maximum absolute atomic E-state index is 5.52. The number of rotatable bonds is 2. The van der Waals surface area contributed by atoms with E-state index in [0.717, 1.165) is 20.1 Å². The van der Waals surface area contributed by atoms with E-state index in [1.54, 1.807) is 11.3 Å². The smallest absolute Gasteiger partial charge is 0.126 e. The molecule has 0 bridgehead atoms. The van der Waals surface area contributed by atoms with Gasteiger partial charge in [0.2, 0.25) is 0 Å². The first-order valence-corrected chi connectivity index (χ1v) is 5.40. The van der Waals surface area contributed by atoms with E-state index in [4.69, 9.17) is 5.73 Å². The maximum Gasteiger partial charge on any atom is 0.126 e. The average molecular weight is 258 g/mol. The Labute approximate surface area is 88.1 Å². The summed E-state index contributed by atoms with van der Waals surface area (Å²) in [6.45, 7) is 0.474. The Balaban J connectivity index is 2.43. The quantitative estimate of drug-likeness (QED) is 0.868. The molecule has 0 spiro atoms. The summed E-state index contributed by atoms with van der Waals surface area (Å²) in [6.07, 6.45) is 3.80. The molecule has 0 radical (unpaired) electrons. The first-order chi connectivity index (χ1) is 6.31. The molecular weight excluding hydrogens is 250 g/mol. The van der Waals surface area contributed by atoms with Crippen LogP contribution in [-0.4, -0.2) is 9.97 Å². The molecule has 0 fully saturated rings. The summed E-state index contributed by atoms with van der Waals surface area (Å²) in [5, 5.41) is 0.994. The van der Waals surface area contributed by atoms with Crippen molar-refractivity contribution in [1.29, 1.82) is 0 Å². The van der Waals surface area contributed by atoms with Gasteiger partial charge in [0.05, 0.1) is 9.48 Å². The van der Waals surface area contributed by atoms with Gasteiger partial charge < -0.3 is 10.7 Å². The molecule has 0 aliphatic heterocycles. The minimum atomic E-state index is 0.474. The lowest BCUT2D eigenvalue weighted by molar-refractivity contribution is 1.01. The Bertz CT molecular complexity index is 393. The van der Waals surface area contributed by atoms with Crippen molar-refractivity contribution >= 4 is 27.3 Å². The fourth-order valence-electron chi connectivity index (χ4n) is 1.04. The van der Waals surface area contributed by atoms with Crippen molar-refractivity contribution in [2.45, 2.75) is 6.54 Å². The number of nitrogens with zero attached hydrogens (tertiary/aromatic N) is 1. The first kappa shape index (κ1) is 8.93. The van der Waals surface area contributed by atoms with Crippen LogP contribution < -0.4 is 5.73 Å². The van der Waals surface area contributed by atoms with Crippen LogP contribution in [0.25, 0.3) is 10.6 Å². The number of nitrogens with two attached hydrogens (primary N) is 1. The van der Waals surface area contributed by atoms with Crippen LogP contribution >= 0.6 is 27.3 Å². The molecule has 2 aromatic heterocycles. The van der Waals surface area contributed by atoms with E-state index >= 15 is 0 Å². The predicted molar refractivity (Wildman–Crippen MR) is 57.5 cm³/mol. The number of halogens is 1. The molecule has 0 aliphatic rings. The molecule has 0 aliphatic carbocycles. The van der Waals surface area contributed by atoms with Crippen molar-refractivity contribution in [1.82, 2.24) is 9.97 Å². The Morgan fingerprint density at radius 1 is 1.62 bits per heavy atom. The molecule has 13 heavy (non-hydrogen) atoms. The Morgan fingerprint density at radius 2 is 2.46 bits per heavy atom. The van der Waals surface area contributed by atoms with Gasteiger partial charge >= 0.3 is 0 Å². The highest BCUT2D eigenvalue weighted by atomic mass is 79.9. The van der Waals surface area contributed by atoms with Gasteiger partial charge in [0.1, 0.15) is 5.01 Å². The predicted octanol–water partition coefficient (Wildman–Crippen LogP) is 2.36. The van der Waals surface area contributed by atoms with Gasteiger partial charge in [-0.15, -0.1) is 11.3 Å². The van der Waals surface area contributed by atoms with E-state index in [0.29, 0.717) is 6.54 Å². The number of hydrogen-bond donors (Lipinski definition) is 2. The van der Waals surface area contributed by atoms with E-state index in [1.807, 2.05) is 18.5 Å². The fourth-order valence-corrected chi connectivity index (χ4v) is 2.57. The van der Waals surface area contributed by atoms with E-state index in [2.05, 4.69) is 25.9 Å². The molecule has 2 heterocycles. The minimum absolute atomic E-state index is 0.474. The number of hydrogen-bond acceptors (Lipinski definition) is 3. The normalized spacial score (nSPS) is 10.6. The second-order valence-electron chi connectivity index (χ2n) is 2.54. The Morgan fingerprint density at radius 3 is 3.00 bits per heavy atom. The largest absolute Gasteiger partial charge is 0.367 e. The average Bonchev–Trinajstić information content (AvgIpc) is 2.71. The SMILES string of the molecule is NCc1nc(-c2cc[nH]c2)sc1Br. The zero-order valence-corrected chi connectivity index (χ0v) is 9.15. The summed E-state index contributed by atoms with van der Waals surface area (Å²) in [7, 11) is 0. The van der Waals surface area contributed by atoms with E-state index in [9.17, 15) is 0 Å². The molecule has 0 unspecified atom stereocenters. The highest BCUT2D eigenvalue weighted by molar-refractivity contribution is 9.11. The third-order valence-electron chi connectivity index (χ3n) is 1.69. The molecule has 3 nitrogen and oxygen atoms in total. The first-order valence-electron chi connectivity index (χ1n) is 3.79. The number of H-pyrrole nitrogens is 1. The lowest BCUT2D eigenvalue weighted by atomic mass is 10.3. The van der Waals surface area contributed by atoms with Crippen LogP contribution in [0.2, 0.25) is 0 Å². The Hall–Kier alpha value is -0.650. The zero-order chi connectivity index (χ0) is 9.26. The van der Waals surface area contributed by atoms with Gasteiger partial charge in [-0.2, -0.15) is 0 Å². The van der Waals surface area contributed by atoms with Gasteiger partial charge in [0.25, 0.3) is 0 Å². The van der Waals surface area contributed by atoms with E-state index in [1.165, 1.54) is 0 Å². The van der Waals surface area contributed by atoms with Crippen LogP contribution in [0.5, 0.6) is 0 Å². The molecule has 0 atom stereocenters. The second kappa shape index (κ2) is 3.61. The van der Waals surface area contributed by atoms with Gasteiger partial charge in [-0.05, 0) is 22.0 Å². The summed E-state index contributed by atoms with van der Waals surface area (Å²) >= 11 is 5.03. The summed E-state index contributed by atoms with van der Waals surface area (Å²) in [4.78, 5) is 7.39. The molecule has 0 amide bonds. The highest BCUT2D eigenvalue weighted by Gasteiger charge is 2.08. The van der Waals surface area contributed by atoms with Gasteiger partial charge in [-0.1, -0.05) is 0 Å². The van der Waals surface area contributed by atoms with Crippen LogP contribution in [0.1, 0.15) is 5.69 Å². The monoisotopic (exact) mass is 257 g/mol. The van der Waals surface area contributed by atoms with Gasteiger partial charge in [0, 0.05) is 24.5 Å². The highest BCUT2D eigenvalue weighted by Crippen LogP contribution is 2.31. The minimum Gasteiger partial charge on any atom is -0.367 e. The van der Waals surface area contributed by atoms with Gasteiger partial charge in [0.15, 0.2) is 0 Å². The molecule has 2 rings (SSSR count). The second-order valence-corrected chi connectivity index (χ2v) is 4.86. The molecule has 5 heteroatoms. The van der Waals surface area contributed by atoms with Crippen LogP contribution in [0.3, 0.4) is 0 Å². The molecule has 3 N–H and O–H groups in total. The summed E-state index contributed by atoms with van der Waals surface area (Å²) in [5.74, 6) is 0. The summed E-state index contributed by atoms with van der Waals surface area (Å²) in [6, 6.07) is 1.99. The zero-order valence-electron chi connectivity index (χ0n) is 6.75. The standard InChI is InChI=1S/C8H8BrN3S/c9-7-6(3-10)12-8(13-7)5-1-2-11-4-5/h1-2,4,11H,3,10H2. The lowest BCUT2D eigenvalue weighted by Gasteiger charge is -1.87. The van der Waals surface area contributed by atoms with Crippen molar-refractivity contribution in [3.8, 4) is 10.6 Å². The number of nitrogens with one attached hydrogen (secondary N) is 1. The molecule has 0 aromatic carbocycles. The van der Waals surface area contributed by atoms with Gasteiger partial charge in [-0.3, -0.25) is 0 Å². The van der Waals surface area contributed by atoms with Crippen molar-refractivity contribution in [3.63, 3.8) is 0 Å². The molecule has 0 saturated heterocycles. The Kier molecular flexibility index (Phi) is 2.48. The summed E-state index contributed by atoms with van der Waals surface area (Å²) in [5.41, 5.74) is 7.54. The number of aromatic amines is 1. The third kappa shape index (κ3) is 1.67. The van der Waals surface area contributed by atoms with Crippen molar-refractivity contribution in [2.24, 2.45) is 5.73 Å². The molecule has 0 saturated carbocycles. The number of thiazole rings is 1.